The van der Waals surface area contributed by atoms with Crippen molar-refractivity contribution in [1.29, 1.82) is 0 Å². The Kier molecular flexibility index (Phi) is 6.37. The second-order valence-corrected chi connectivity index (χ2v) is 4.11. The predicted octanol–water partition coefficient (Wildman–Crippen LogP) is 4.13. The van der Waals surface area contributed by atoms with E-state index in [0.29, 0.717) is 11.6 Å². The average Bonchev–Trinajstić information content (AvgIpc) is 2.42. The number of ether oxygens (including phenoxy) is 1. The lowest BCUT2D eigenvalue weighted by Crippen LogP contribution is -2.32. The van der Waals surface area contributed by atoms with Crippen LogP contribution in [0.5, 0.6) is 5.75 Å². The van der Waals surface area contributed by atoms with Gasteiger partial charge in [-0.15, -0.1) is 0 Å². The first kappa shape index (κ1) is 14.7. The molecular weight excluding hydrogens is 246 g/mol. The normalized spacial score (nSPS) is 17.1. The van der Waals surface area contributed by atoms with Crippen LogP contribution in [0.25, 0.3) is 0 Å². The van der Waals surface area contributed by atoms with Gasteiger partial charge in [0.1, 0.15) is 12.4 Å². The van der Waals surface area contributed by atoms with Gasteiger partial charge in [0.05, 0.1) is 11.1 Å². The van der Waals surface area contributed by atoms with Crippen LogP contribution in [0.2, 0.25) is 5.02 Å². The Bertz CT molecular complexity index is 415. The molecule has 98 valence electrons. The molecule has 1 aliphatic heterocycles. The summed E-state index contributed by atoms with van der Waals surface area (Å²) in [7, 11) is 2.03. The lowest BCUT2D eigenvalue weighted by molar-refractivity contribution is 0.230. The van der Waals surface area contributed by atoms with Crippen molar-refractivity contribution in [3.63, 3.8) is 0 Å². The van der Waals surface area contributed by atoms with Gasteiger partial charge < -0.3 is 9.64 Å². The Morgan fingerprint density at radius 3 is 2.61 bits per heavy atom. The number of nitrogens with zero attached hydrogens (tertiary/aromatic N) is 1. The zero-order valence-electron chi connectivity index (χ0n) is 11.1. The molecule has 0 aliphatic carbocycles. The number of benzene rings is 1. The summed E-state index contributed by atoms with van der Waals surface area (Å²) in [5.74, 6) is 0.737. The number of halogens is 1. The number of hydrogen-bond acceptors (Lipinski definition) is 2. The first-order chi connectivity index (χ1) is 8.77. The van der Waals surface area contributed by atoms with Crippen molar-refractivity contribution < 1.29 is 4.74 Å². The molecule has 0 spiro atoms. The van der Waals surface area contributed by atoms with Crippen molar-refractivity contribution >= 4 is 11.6 Å². The fourth-order valence-electron chi connectivity index (χ4n) is 1.53. The summed E-state index contributed by atoms with van der Waals surface area (Å²) in [4.78, 5) is 2.11. The van der Waals surface area contributed by atoms with E-state index in [1.807, 2.05) is 63.5 Å². The van der Waals surface area contributed by atoms with Crippen LogP contribution in [0.3, 0.4) is 0 Å². The van der Waals surface area contributed by atoms with E-state index in [2.05, 4.69) is 11.0 Å². The Morgan fingerprint density at radius 2 is 1.94 bits per heavy atom. The maximum Gasteiger partial charge on any atom is 0.138 e. The van der Waals surface area contributed by atoms with Crippen molar-refractivity contribution in [3.8, 4) is 5.75 Å². The number of rotatable bonds is 3. The fourth-order valence-corrected chi connectivity index (χ4v) is 1.72. The standard InChI is InChI=1S/C13H14ClNO.C2H6/c1-15-9-5-4-6-11(15)10-16-13-8-3-2-7-12(13)14;1-2/h2-9,11H,10H2,1H3;1-2H3. The summed E-state index contributed by atoms with van der Waals surface area (Å²) in [5, 5.41) is 0.653. The van der Waals surface area contributed by atoms with Crippen molar-refractivity contribution in [1.82, 2.24) is 4.90 Å². The molecule has 2 rings (SSSR count). The molecule has 1 unspecified atom stereocenters. The number of hydrogen-bond donors (Lipinski definition) is 0. The van der Waals surface area contributed by atoms with E-state index in [0.717, 1.165) is 5.75 Å². The molecule has 0 aromatic heterocycles. The van der Waals surface area contributed by atoms with Gasteiger partial charge in [0.15, 0.2) is 0 Å². The Balaban J connectivity index is 0.000000771. The topological polar surface area (TPSA) is 12.5 Å². The first-order valence-electron chi connectivity index (χ1n) is 6.21. The van der Waals surface area contributed by atoms with E-state index < -0.39 is 0 Å². The molecule has 0 N–H and O–H groups in total. The predicted molar refractivity (Wildman–Crippen MR) is 78.1 cm³/mol. The van der Waals surface area contributed by atoms with Crippen LogP contribution in [0.1, 0.15) is 13.8 Å². The lowest BCUT2D eigenvalue weighted by atomic mass is 10.2. The summed E-state index contributed by atoms with van der Waals surface area (Å²) in [6.07, 6.45) is 8.17. The van der Waals surface area contributed by atoms with Gasteiger partial charge >= 0.3 is 0 Å². The fraction of sp³-hybridized carbons (Fsp3) is 0.333. The highest BCUT2D eigenvalue weighted by molar-refractivity contribution is 6.32. The van der Waals surface area contributed by atoms with Crippen LogP contribution in [-0.2, 0) is 0 Å². The van der Waals surface area contributed by atoms with Gasteiger partial charge in [0.2, 0.25) is 0 Å². The third-order valence-corrected chi connectivity index (χ3v) is 2.85. The highest BCUT2D eigenvalue weighted by atomic mass is 35.5. The molecule has 2 nitrogen and oxygen atoms in total. The molecule has 1 heterocycles. The quantitative estimate of drug-likeness (QED) is 0.815. The van der Waals surface area contributed by atoms with Crippen LogP contribution in [0, 0.1) is 0 Å². The molecule has 3 heteroatoms. The maximum absolute atomic E-state index is 6.01. The molecule has 0 saturated carbocycles. The third-order valence-electron chi connectivity index (χ3n) is 2.53. The molecule has 1 aromatic rings. The molecule has 0 fully saturated rings. The second kappa shape index (κ2) is 7.83. The Labute approximate surface area is 115 Å². The monoisotopic (exact) mass is 265 g/mol. The summed E-state index contributed by atoms with van der Waals surface area (Å²) >= 11 is 6.01. The minimum absolute atomic E-state index is 0.265. The van der Waals surface area contributed by atoms with Gasteiger partial charge in [-0.2, -0.15) is 0 Å². The molecule has 1 aliphatic rings. The van der Waals surface area contributed by atoms with Crippen LogP contribution in [-0.4, -0.2) is 24.6 Å². The first-order valence-corrected chi connectivity index (χ1v) is 6.59. The SMILES string of the molecule is CC.CN1C=CC=CC1COc1ccccc1Cl. The van der Waals surface area contributed by atoms with E-state index in [9.17, 15) is 0 Å². The summed E-state index contributed by atoms with van der Waals surface area (Å²) in [5.41, 5.74) is 0. The van der Waals surface area contributed by atoms with E-state index in [4.69, 9.17) is 16.3 Å². The Morgan fingerprint density at radius 1 is 1.22 bits per heavy atom. The minimum atomic E-state index is 0.265. The second-order valence-electron chi connectivity index (χ2n) is 3.70. The van der Waals surface area contributed by atoms with Crippen molar-refractivity contribution in [2.75, 3.05) is 13.7 Å². The third kappa shape index (κ3) is 4.11. The minimum Gasteiger partial charge on any atom is -0.490 e. The Hall–Kier alpha value is -1.41. The molecule has 1 aromatic carbocycles. The van der Waals surface area contributed by atoms with Crippen LogP contribution >= 0.6 is 11.6 Å². The molecular formula is C15H20ClNO. The lowest BCUT2D eigenvalue weighted by Gasteiger charge is -2.26. The van der Waals surface area contributed by atoms with Gasteiger partial charge in [-0.3, -0.25) is 0 Å². The summed E-state index contributed by atoms with van der Waals surface area (Å²) in [6.45, 7) is 4.60. The molecule has 0 bridgehead atoms. The van der Waals surface area contributed by atoms with Crippen molar-refractivity contribution in [3.05, 3.63) is 53.7 Å². The smallest absolute Gasteiger partial charge is 0.138 e. The van der Waals surface area contributed by atoms with Crippen LogP contribution in [0.15, 0.2) is 48.7 Å². The number of likely N-dealkylation sites (N-methyl/N-ethyl adjacent to an activating group) is 1. The van der Waals surface area contributed by atoms with E-state index in [1.165, 1.54) is 0 Å². The zero-order chi connectivity index (χ0) is 13.4. The molecule has 0 radical (unpaired) electrons. The largest absolute Gasteiger partial charge is 0.490 e. The molecule has 0 amide bonds. The molecule has 18 heavy (non-hydrogen) atoms. The summed E-state index contributed by atoms with van der Waals surface area (Å²) < 4.78 is 5.69. The maximum atomic E-state index is 6.01. The zero-order valence-corrected chi connectivity index (χ0v) is 11.9. The van der Waals surface area contributed by atoms with Gasteiger partial charge in [-0.1, -0.05) is 49.7 Å². The van der Waals surface area contributed by atoms with E-state index in [-0.39, 0.29) is 6.04 Å². The number of allylic oxidation sites excluding steroid dienone is 2. The van der Waals surface area contributed by atoms with Gasteiger partial charge in [-0.05, 0) is 24.4 Å². The van der Waals surface area contributed by atoms with Gasteiger partial charge in [0.25, 0.3) is 0 Å². The van der Waals surface area contributed by atoms with Crippen LogP contribution in [0.4, 0.5) is 0 Å². The molecule has 0 saturated heterocycles. The summed E-state index contributed by atoms with van der Waals surface area (Å²) in [6, 6.07) is 7.79. The van der Waals surface area contributed by atoms with Crippen molar-refractivity contribution in [2.24, 2.45) is 0 Å². The van der Waals surface area contributed by atoms with E-state index >= 15 is 0 Å². The molecule has 1 atom stereocenters. The number of para-hydroxylation sites is 1. The highest BCUT2D eigenvalue weighted by Gasteiger charge is 2.11. The van der Waals surface area contributed by atoms with E-state index in [1.54, 1.807) is 0 Å². The van der Waals surface area contributed by atoms with Crippen molar-refractivity contribution in [2.45, 2.75) is 19.9 Å². The van der Waals surface area contributed by atoms with Gasteiger partial charge in [0, 0.05) is 7.05 Å². The highest BCUT2D eigenvalue weighted by Crippen LogP contribution is 2.23. The average molecular weight is 266 g/mol. The van der Waals surface area contributed by atoms with Gasteiger partial charge in [-0.25, -0.2) is 0 Å². The van der Waals surface area contributed by atoms with Crippen LogP contribution < -0.4 is 4.74 Å².